The number of hydrogen-bond donors (Lipinski definition) is 4. The fraction of sp³-hybridized carbons (Fsp3) is 0.733. The Balaban J connectivity index is 2.30. The Hall–Kier alpha value is -2.20. The van der Waals surface area contributed by atoms with Gasteiger partial charge in [0.1, 0.15) is 0 Å². The maximum absolute atomic E-state index is 11.1. The molecule has 140 valence electrons. The van der Waals surface area contributed by atoms with Crippen LogP contribution in [0.2, 0.25) is 0 Å². The van der Waals surface area contributed by atoms with E-state index in [1.807, 2.05) is 0 Å². The van der Waals surface area contributed by atoms with Crippen molar-refractivity contribution in [3.05, 3.63) is 0 Å². The standard InChI is InChI=1S/C15H22N2O8/c18-10(19)4-16(5-11(20)21)14-8-1-2-9(3-8)15(14)17(6-12(22)23)7-13(24)25/h8-9,14-15H,1-7H2,(H,18,19)(H,20,21)(H,22,23)(H,24,25)/t8-,9+,14?,15?. The molecule has 0 spiro atoms. The van der Waals surface area contributed by atoms with E-state index in [0.717, 1.165) is 19.3 Å². The number of aliphatic carboxylic acids is 4. The molecule has 4 N–H and O–H groups in total. The van der Waals surface area contributed by atoms with Crippen molar-refractivity contribution in [3.8, 4) is 0 Å². The molecule has 0 aromatic rings. The van der Waals surface area contributed by atoms with Crippen molar-refractivity contribution in [1.29, 1.82) is 0 Å². The van der Waals surface area contributed by atoms with Crippen LogP contribution in [0.15, 0.2) is 0 Å². The van der Waals surface area contributed by atoms with Gasteiger partial charge in [-0.15, -0.1) is 0 Å². The average Bonchev–Trinajstić information content (AvgIpc) is 3.04. The highest BCUT2D eigenvalue weighted by Gasteiger charge is 2.53. The van der Waals surface area contributed by atoms with E-state index in [-0.39, 0.29) is 11.8 Å². The molecular formula is C15H22N2O8. The first-order valence-electron chi connectivity index (χ1n) is 8.04. The Labute approximate surface area is 143 Å². The molecule has 2 unspecified atom stereocenters. The van der Waals surface area contributed by atoms with Crippen LogP contribution in [0, 0.1) is 11.8 Å². The molecule has 0 amide bonds. The van der Waals surface area contributed by atoms with Crippen molar-refractivity contribution in [1.82, 2.24) is 9.80 Å². The fourth-order valence-corrected chi connectivity index (χ4v) is 4.49. The van der Waals surface area contributed by atoms with Crippen molar-refractivity contribution in [2.24, 2.45) is 11.8 Å². The second-order valence-corrected chi connectivity index (χ2v) is 6.70. The van der Waals surface area contributed by atoms with Crippen LogP contribution in [0.3, 0.4) is 0 Å². The van der Waals surface area contributed by atoms with Gasteiger partial charge in [0.15, 0.2) is 0 Å². The number of carboxylic acid groups (broad SMARTS) is 4. The zero-order chi connectivity index (χ0) is 18.7. The minimum absolute atomic E-state index is 0.0405. The summed E-state index contributed by atoms with van der Waals surface area (Å²) in [5.41, 5.74) is 0. The van der Waals surface area contributed by atoms with E-state index in [1.54, 1.807) is 0 Å². The van der Waals surface area contributed by atoms with Crippen LogP contribution in [0.1, 0.15) is 19.3 Å². The molecule has 0 saturated heterocycles. The number of carboxylic acids is 4. The third-order valence-corrected chi connectivity index (χ3v) is 5.03. The monoisotopic (exact) mass is 358 g/mol. The number of nitrogens with zero attached hydrogens (tertiary/aromatic N) is 2. The predicted octanol–water partition coefficient (Wildman–Crippen LogP) is -0.904. The van der Waals surface area contributed by atoms with Gasteiger partial charge in [-0.1, -0.05) is 0 Å². The molecule has 0 aliphatic heterocycles. The van der Waals surface area contributed by atoms with Gasteiger partial charge in [0.2, 0.25) is 0 Å². The summed E-state index contributed by atoms with van der Waals surface area (Å²) < 4.78 is 0. The van der Waals surface area contributed by atoms with Crippen LogP contribution < -0.4 is 0 Å². The van der Waals surface area contributed by atoms with Gasteiger partial charge >= 0.3 is 23.9 Å². The Morgan fingerprint density at radius 2 is 0.920 bits per heavy atom. The first kappa shape index (κ1) is 19.1. The largest absolute Gasteiger partial charge is 0.480 e. The first-order valence-corrected chi connectivity index (χ1v) is 8.04. The molecule has 10 heteroatoms. The minimum Gasteiger partial charge on any atom is -0.480 e. The summed E-state index contributed by atoms with van der Waals surface area (Å²) in [6.07, 6.45) is 2.33. The van der Waals surface area contributed by atoms with E-state index >= 15 is 0 Å². The molecule has 2 saturated carbocycles. The number of hydrogen-bond acceptors (Lipinski definition) is 6. The zero-order valence-electron chi connectivity index (χ0n) is 13.6. The van der Waals surface area contributed by atoms with Crippen molar-refractivity contribution < 1.29 is 39.6 Å². The summed E-state index contributed by atoms with van der Waals surface area (Å²) in [5.74, 6) is -4.62. The predicted molar refractivity (Wildman–Crippen MR) is 82.1 cm³/mol. The molecular weight excluding hydrogens is 336 g/mol. The molecule has 0 heterocycles. The van der Waals surface area contributed by atoms with E-state index in [2.05, 4.69) is 0 Å². The third-order valence-electron chi connectivity index (χ3n) is 5.03. The molecule has 0 radical (unpaired) electrons. The van der Waals surface area contributed by atoms with Gasteiger partial charge in [-0.05, 0) is 31.1 Å². The molecule has 2 rings (SSSR count). The summed E-state index contributed by atoms with van der Waals surface area (Å²) in [5, 5.41) is 36.4. The quantitative estimate of drug-likeness (QED) is 0.386. The summed E-state index contributed by atoms with van der Waals surface area (Å²) in [4.78, 5) is 47.3. The van der Waals surface area contributed by atoms with Crippen LogP contribution in [0.4, 0.5) is 0 Å². The van der Waals surface area contributed by atoms with Gasteiger partial charge in [-0.2, -0.15) is 0 Å². The van der Waals surface area contributed by atoms with Gasteiger partial charge < -0.3 is 20.4 Å². The lowest BCUT2D eigenvalue weighted by molar-refractivity contribution is -0.149. The Morgan fingerprint density at radius 3 is 1.16 bits per heavy atom. The maximum Gasteiger partial charge on any atom is 0.317 e. The van der Waals surface area contributed by atoms with Crippen molar-refractivity contribution in [3.63, 3.8) is 0 Å². The van der Waals surface area contributed by atoms with E-state index in [0.29, 0.717) is 0 Å². The van der Waals surface area contributed by atoms with E-state index in [4.69, 9.17) is 20.4 Å². The zero-order valence-corrected chi connectivity index (χ0v) is 13.6. The summed E-state index contributed by atoms with van der Waals surface area (Å²) in [6.45, 7) is -1.93. The first-order chi connectivity index (χ1) is 11.7. The molecule has 2 fully saturated rings. The van der Waals surface area contributed by atoms with Crippen LogP contribution in [-0.2, 0) is 19.2 Å². The highest BCUT2D eigenvalue weighted by Crippen LogP contribution is 2.48. The Bertz CT molecular complexity index is 486. The van der Waals surface area contributed by atoms with E-state index in [1.165, 1.54) is 9.80 Å². The minimum atomic E-state index is -1.18. The molecule has 2 aliphatic carbocycles. The SMILES string of the molecule is O=C(O)CN(CC(=O)O)C1C(N(CC(=O)O)CC(=O)O)[C@H]2CC[C@@H]1C2. The third kappa shape index (κ3) is 4.67. The summed E-state index contributed by atoms with van der Waals surface area (Å²) in [7, 11) is 0. The normalized spacial score (nSPS) is 27.8. The molecule has 4 atom stereocenters. The van der Waals surface area contributed by atoms with Crippen molar-refractivity contribution in [2.75, 3.05) is 26.2 Å². The average molecular weight is 358 g/mol. The van der Waals surface area contributed by atoms with Crippen LogP contribution in [0.5, 0.6) is 0 Å². The Kier molecular flexibility index (Phi) is 5.96. The maximum atomic E-state index is 11.1. The summed E-state index contributed by atoms with van der Waals surface area (Å²) >= 11 is 0. The van der Waals surface area contributed by atoms with Crippen molar-refractivity contribution in [2.45, 2.75) is 31.3 Å². The van der Waals surface area contributed by atoms with E-state index in [9.17, 15) is 19.2 Å². The lowest BCUT2D eigenvalue weighted by Gasteiger charge is -2.43. The highest BCUT2D eigenvalue weighted by molar-refractivity contribution is 5.73. The lowest BCUT2D eigenvalue weighted by Crippen LogP contribution is -2.58. The molecule has 0 aromatic heterocycles. The van der Waals surface area contributed by atoms with Gasteiger partial charge in [0.25, 0.3) is 0 Å². The smallest absolute Gasteiger partial charge is 0.317 e. The number of rotatable bonds is 10. The van der Waals surface area contributed by atoms with Crippen LogP contribution in [-0.4, -0.2) is 92.4 Å². The molecule has 2 aliphatic rings. The van der Waals surface area contributed by atoms with Gasteiger partial charge in [-0.3, -0.25) is 29.0 Å². The number of fused-ring (bicyclic) bond motifs is 2. The molecule has 2 bridgehead atoms. The molecule has 25 heavy (non-hydrogen) atoms. The second-order valence-electron chi connectivity index (χ2n) is 6.70. The second kappa shape index (κ2) is 7.79. The lowest BCUT2D eigenvalue weighted by atomic mass is 9.87. The van der Waals surface area contributed by atoms with Gasteiger partial charge in [0, 0.05) is 12.1 Å². The van der Waals surface area contributed by atoms with Crippen LogP contribution in [0.25, 0.3) is 0 Å². The van der Waals surface area contributed by atoms with E-state index < -0.39 is 62.1 Å². The summed E-state index contributed by atoms with van der Waals surface area (Å²) in [6, 6.07) is -0.964. The van der Waals surface area contributed by atoms with Crippen molar-refractivity contribution >= 4 is 23.9 Å². The van der Waals surface area contributed by atoms with Gasteiger partial charge in [0.05, 0.1) is 26.2 Å². The Morgan fingerprint density at radius 1 is 0.640 bits per heavy atom. The highest BCUT2D eigenvalue weighted by atomic mass is 16.4. The fourth-order valence-electron chi connectivity index (χ4n) is 4.49. The topological polar surface area (TPSA) is 156 Å². The number of carbonyl (C=O) groups is 4. The molecule has 0 aromatic carbocycles. The van der Waals surface area contributed by atoms with Gasteiger partial charge in [-0.25, -0.2) is 0 Å². The van der Waals surface area contributed by atoms with Crippen LogP contribution >= 0.6 is 0 Å². The molecule has 10 nitrogen and oxygen atoms in total.